The number of nitrogens with zero attached hydrogens (tertiary/aromatic N) is 1. The Labute approximate surface area is 90.6 Å². The van der Waals surface area contributed by atoms with Crippen LogP contribution in [0.4, 0.5) is 4.79 Å². The summed E-state index contributed by atoms with van der Waals surface area (Å²) in [5.74, 6) is 0. The molecule has 1 rings (SSSR count). The molecular formula is C11H19N3O. The second-order valence-corrected chi connectivity index (χ2v) is 4.80. The van der Waals surface area contributed by atoms with E-state index in [0.717, 1.165) is 30.5 Å². The van der Waals surface area contributed by atoms with Crippen LogP contribution in [0.1, 0.15) is 40.0 Å². The molecule has 0 unspecified atom stereocenters. The van der Waals surface area contributed by atoms with E-state index in [2.05, 4.69) is 30.5 Å². The first-order valence-corrected chi connectivity index (χ1v) is 5.20. The smallest absolute Gasteiger partial charge is 0.332 e. The molecule has 0 bridgehead atoms. The number of carbonyl (C=O) groups is 1. The summed E-state index contributed by atoms with van der Waals surface area (Å²) in [7, 11) is 0. The van der Waals surface area contributed by atoms with Crippen molar-refractivity contribution in [3.8, 4) is 0 Å². The third-order valence-corrected chi connectivity index (χ3v) is 2.67. The fraction of sp³-hybridized carbons (Fsp3) is 0.636. The third-order valence-electron chi connectivity index (χ3n) is 2.67. The third kappa shape index (κ3) is 3.73. The van der Waals surface area contributed by atoms with Gasteiger partial charge in [-0.15, -0.1) is 0 Å². The highest BCUT2D eigenvalue weighted by molar-refractivity contribution is 6.00. The molecule has 0 aliphatic heterocycles. The summed E-state index contributed by atoms with van der Waals surface area (Å²) < 4.78 is 0. The van der Waals surface area contributed by atoms with Gasteiger partial charge in [-0.3, -0.25) is 0 Å². The first-order chi connectivity index (χ1) is 6.91. The predicted molar refractivity (Wildman–Crippen MR) is 61.5 cm³/mol. The Kier molecular flexibility index (Phi) is 3.50. The van der Waals surface area contributed by atoms with E-state index in [-0.39, 0.29) is 5.41 Å². The number of primary amides is 1. The predicted octanol–water partition coefficient (Wildman–Crippen LogP) is 2.17. The fourth-order valence-electron chi connectivity index (χ4n) is 1.73. The maximum atomic E-state index is 10.6. The van der Waals surface area contributed by atoms with Crippen molar-refractivity contribution in [2.45, 2.75) is 40.0 Å². The number of allylic oxidation sites excluding steroid dienone is 2. The van der Waals surface area contributed by atoms with Gasteiger partial charge in [0.2, 0.25) is 0 Å². The summed E-state index contributed by atoms with van der Waals surface area (Å²) >= 11 is 0. The van der Waals surface area contributed by atoms with E-state index in [1.54, 1.807) is 0 Å². The monoisotopic (exact) mass is 209 g/mol. The van der Waals surface area contributed by atoms with Crippen LogP contribution in [0.3, 0.4) is 0 Å². The fourth-order valence-corrected chi connectivity index (χ4v) is 1.73. The lowest BCUT2D eigenvalue weighted by molar-refractivity contribution is 0.249. The molecule has 0 aromatic heterocycles. The van der Waals surface area contributed by atoms with E-state index in [0.29, 0.717) is 0 Å². The first-order valence-electron chi connectivity index (χ1n) is 5.20. The van der Waals surface area contributed by atoms with E-state index in [4.69, 9.17) is 5.73 Å². The molecule has 3 N–H and O–H groups in total. The summed E-state index contributed by atoms with van der Waals surface area (Å²) in [4.78, 5) is 10.6. The molecule has 0 saturated carbocycles. The second kappa shape index (κ2) is 4.47. The van der Waals surface area contributed by atoms with Crippen LogP contribution in [-0.2, 0) is 0 Å². The molecule has 4 nitrogen and oxygen atoms in total. The van der Waals surface area contributed by atoms with Crippen LogP contribution in [0.25, 0.3) is 0 Å². The first kappa shape index (κ1) is 11.8. The number of hydrogen-bond acceptors (Lipinski definition) is 2. The van der Waals surface area contributed by atoms with Crippen LogP contribution in [-0.4, -0.2) is 11.7 Å². The molecule has 0 spiro atoms. The summed E-state index contributed by atoms with van der Waals surface area (Å²) in [6.07, 6.45) is 5.24. The minimum absolute atomic E-state index is 0.229. The zero-order valence-corrected chi connectivity index (χ0v) is 9.63. The Morgan fingerprint density at radius 3 is 2.87 bits per heavy atom. The molecule has 4 heteroatoms. The maximum absolute atomic E-state index is 10.6. The van der Waals surface area contributed by atoms with Crippen molar-refractivity contribution in [1.29, 1.82) is 0 Å². The number of amides is 2. The quantitative estimate of drug-likeness (QED) is 0.638. The van der Waals surface area contributed by atoms with Crippen LogP contribution >= 0.6 is 0 Å². The van der Waals surface area contributed by atoms with Gasteiger partial charge in [-0.25, -0.2) is 10.2 Å². The molecule has 0 heterocycles. The summed E-state index contributed by atoms with van der Waals surface area (Å²) in [5, 5.41) is 4.04. The Balaban J connectivity index is 2.82. The van der Waals surface area contributed by atoms with Gasteiger partial charge in [-0.05, 0) is 37.2 Å². The number of carbonyl (C=O) groups excluding carboxylic acids is 1. The molecule has 15 heavy (non-hydrogen) atoms. The molecule has 0 atom stereocenters. The highest BCUT2D eigenvalue weighted by Crippen LogP contribution is 2.31. The standard InChI is InChI=1S/C11H19N3O/c1-8-5-4-6-11(2,3)7-9(8)13-14-10(12)15/h5H,4,6-7H2,1-3H3,(H3,12,14,15)/b13-9+. The molecule has 84 valence electrons. The molecule has 0 aromatic carbocycles. The average Bonchev–Trinajstić information content (AvgIpc) is 2.22. The van der Waals surface area contributed by atoms with Crippen molar-refractivity contribution in [2.75, 3.05) is 0 Å². The Bertz CT molecular complexity index is 316. The average molecular weight is 209 g/mol. The summed E-state index contributed by atoms with van der Waals surface area (Å²) in [6, 6.07) is -0.614. The second-order valence-electron chi connectivity index (χ2n) is 4.80. The molecule has 0 saturated heterocycles. The highest BCUT2D eigenvalue weighted by atomic mass is 16.2. The van der Waals surface area contributed by atoms with E-state index >= 15 is 0 Å². The van der Waals surface area contributed by atoms with Crippen LogP contribution in [0.5, 0.6) is 0 Å². The molecule has 0 fully saturated rings. The lowest BCUT2D eigenvalue weighted by Gasteiger charge is -2.22. The van der Waals surface area contributed by atoms with Crippen molar-refractivity contribution in [1.82, 2.24) is 5.43 Å². The van der Waals surface area contributed by atoms with Gasteiger partial charge in [-0.1, -0.05) is 19.9 Å². The van der Waals surface area contributed by atoms with Gasteiger partial charge in [0.05, 0.1) is 5.71 Å². The zero-order chi connectivity index (χ0) is 11.5. The van der Waals surface area contributed by atoms with Crippen LogP contribution in [0.15, 0.2) is 16.8 Å². The number of nitrogens with two attached hydrogens (primary N) is 1. The van der Waals surface area contributed by atoms with E-state index in [1.165, 1.54) is 0 Å². The largest absolute Gasteiger partial charge is 0.350 e. The van der Waals surface area contributed by atoms with Crippen LogP contribution in [0, 0.1) is 5.41 Å². The maximum Gasteiger partial charge on any atom is 0.332 e. The van der Waals surface area contributed by atoms with Crippen molar-refractivity contribution < 1.29 is 4.79 Å². The lowest BCUT2D eigenvalue weighted by Crippen LogP contribution is -2.27. The number of nitrogens with one attached hydrogen (secondary N) is 1. The van der Waals surface area contributed by atoms with Gasteiger partial charge >= 0.3 is 6.03 Å². The molecule has 2 amide bonds. The molecule has 1 aliphatic carbocycles. The van der Waals surface area contributed by atoms with Gasteiger partial charge in [0.15, 0.2) is 0 Å². The van der Waals surface area contributed by atoms with Crippen molar-refractivity contribution in [3.05, 3.63) is 11.6 Å². The minimum Gasteiger partial charge on any atom is -0.350 e. The number of hydrazone groups is 1. The van der Waals surface area contributed by atoms with Gasteiger partial charge in [0.1, 0.15) is 0 Å². The van der Waals surface area contributed by atoms with Crippen LogP contribution in [0.2, 0.25) is 0 Å². The number of urea groups is 1. The van der Waals surface area contributed by atoms with Gasteiger partial charge in [0.25, 0.3) is 0 Å². The van der Waals surface area contributed by atoms with Crippen molar-refractivity contribution in [2.24, 2.45) is 16.3 Å². The van der Waals surface area contributed by atoms with E-state index < -0.39 is 6.03 Å². The normalized spacial score (nSPS) is 23.1. The van der Waals surface area contributed by atoms with Crippen molar-refractivity contribution >= 4 is 11.7 Å². The minimum atomic E-state index is -0.614. The summed E-state index contributed by atoms with van der Waals surface area (Å²) in [6.45, 7) is 6.43. The van der Waals surface area contributed by atoms with Gasteiger partial charge in [0, 0.05) is 0 Å². The Morgan fingerprint density at radius 2 is 2.27 bits per heavy atom. The topological polar surface area (TPSA) is 67.5 Å². The summed E-state index contributed by atoms with van der Waals surface area (Å²) in [5.41, 5.74) is 9.57. The SMILES string of the molecule is CC1=CCCC(C)(C)C/C1=N\NC(N)=O. The highest BCUT2D eigenvalue weighted by Gasteiger charge is 2.23. The van der Waals surface area contributed by atoms with Crippen LogP contribution < -0.4 is 11.2 Å². The molecule has 1 aliphatic rings. The zero-order valence-electron chi connectivity index (χ0n) is 9.63. The van der Waals surface area contributed by atoms with E-state index in [9.17, 15) is 4.79 Å². The number of rotatable bonds is 1. The van der Waals surface area contributed by atoms with Crippen molar-refractivity contribution in [3.63, 3.8) is 0 Å². The molecular weight excluding hydrogens is 190 g/mol. The Morgan fingerprint density at radius 1 is 1.60 bits per heavy atom. The molecule has 0 aromatic rings. The lowest BCUT2D eigenvalue weighted by atomic mass is 9.84. The molecule has 0 radical (unpaired) electrons. The van der Waals surface area contributed by atoms with Gasteiger partial charge < -0.3 is 5.73 Å². The number of hydrogen-bond donors (Lipinski definition) is 2. The Hall–Kier alpha value is -1.32. The van der Waals surface area contributed by atoms with Gasteiger partial charge in [-0.2, -0.15) is 5.10 Å². The van der Waals surface area contributed by atoms with E-state index in [1.807, 2.05) is 6.92 Å².